The lowest BCUT2D eigenvalue weighted by molar-refractivity contribution is -0.128. The van der Waals surface area contributed by atoms with Crippen molar-refractivity contribution in [1.82, 2.24) is 10.2 Å². The summed E-state index contributed by atoms with van der Waals surface area (Å²) in [5, 5.41) is 4.13. The average molecular weight is 263 g/mol. The highest BCUT2D eigenvalue weighted by Gasteiger charge is 2.18. The first kappa shape index (κ1) is 13.1. The van der Waals surface area contributed by atoms with Crippen LogP contribution in [0.2, 0.25) is 0 Å². The van der Waals surface area contributed by atoms with Crippen molar-refractivity contribution in [2.75, 3.05) is 31.9 Å². The predicted octanol–water partition coefficient (Wildman–Crippen LogP) is 1.01. The second kappa shape index (κ2) is 6.56. The molecule has 1 aromatic rings. The van der Waals surface area contributed by atoms with E-state index < -0.39 is 0 Å². The van der Waals surface area contributed by atoms with Crippen LogP contribution >= 0.6 is 11.8 Å². The molecule has 1 saturated heterocycles. The van der Waals surface area contributed by atoms with E-state index in [1.807, 2.05) is 18.2 Å². The Morgan fingerprint density at radius 2 is 1.83 bits per heavy atom. The molecule has 2 rings (SSSR count). The van der Waals surface area contributed by atoms with Gasteiger partial charge in [0.2, 0.25) is 11.0 Å². The van der Waals surface area contributed by atoms with E-state index >= 15 is 0 Å². The van der Waals surface area contributed by atoms with Gasteiger partial charge in [-0.25, -0.2) is 5.32 Å². The molecular weight excluding hydrogens is 248 g/mol. The Balaban J connectivity index is 1.80. The predicted molar refractivity (Wildman–Crippen MR) is 71.7 cm³/mol. The minimum Gasteiger partial charge on any atom is -0.339 e. The van der Waals surface area contributed by atoms with Crippen LogP contribution in [0.4, 0.5) is 0 Å². The van der Waals surface area contributed by atoms with Crippen molar-refractivity contribution in [2.24, 2.45) is 0 Å². The number of hydrogen-bond acceptors (Lipinski definition) is 3. The molecule has 5 heteroatoms. The Kier molecular flexibility index (Phi) is 4.78. The number of nitrogens with zero attached hydrogens (tertiary/aromatic N) is 2. The van der Waals surface area contributed by atoms with Crippen LogP contribution in [0.25, 0.3) is 0 Å². The fourth-order valence-corrected chi connectivity index (χ4v) is 2.47. The van der Waals surface area contributed by atoms with Gasteiger partial charge in [0.05, 0.1) is 5.75 Å². The van der Waals surface area contributed by atoms with Crippen molar-refractivity contribution >= 4 is 22.8 Å². The third-order valence-electron chi connectivity index (χ3n) is 2.74. The molecular formula is C13H15N2O2S. The molecule has 0 aromatic heterocycles. The quantitative estimate of drug-likeness (QED) is 0.817. The zero-order chi connectivity index (χ0) is 12.8. The molecule has 1 amide bonds. The van der Waals surface area contributed by atoms with Crippen molar-refractivity contribution in [3.63, 3.8) is 0 Å². The molecule has 0 saturated carbocycles. The molecule has 0 unspecified atom stereocenters. The van der Waals surface area contributed by atoms with Crippen LogP contribution in [0, 0.1) is 0 Å². The number of amides is 1. The van der Waals surface area contributed by atoms with E-state index in [4.69, 9.17) is 0 Å². The SMILES string of the molecule is O=C(SCC(=O)N1CC[N]CC1)c1ccccc1. The van der Waals surface area contributed by atoms with E-state index in [9.17, 15) is 9.59 Å². The lowest BCUT2D eigenvalue weighted by Gasteiger charge is -2.26. The summed E-state index contributed by atoms with van der Waals surface area (Å²) in [6.07, 6.45) is 0. The molecule has 0 atom stereocenters. The molecule has 1 fully saturated rings. The number of hydrogen-bond donors (Lipinski definition) is 0. The van der Waals surface area contributed by atoms with E-state index in [0.29, 0.717) is 31.7 Å². The Morgan fingerprint density at radius 1 is 1.17 bits per heavy atom. The van der Waals surface area contributed by atoms with Crippen molar-refractivity contribution in [3.8, 4) is 0 Å². The number of thioether (sulfide) groups is 1. The van der Waals surface area contributed by atoms with E-state index in [1.54, 1.807) is 17.0 Å². The van der Waals surface area contributed by atoms with E-state index in [2.05, 4.69) is 5.32 Å². The van der Waals surface area contributed by atoms with Crippen LogP contribution in [0.1, 0.15) is 10.4 Å². The highest BCUT2D eigenvalue weighted by Crippen LogP contribution is 2.13. The van der Waals surface area contributed by atoms with Crippen LogP contribution in [0.3, 0.4) is 0 Å². The van der Waals surface area contributed by atoms with Gasteiger partial charge in [-0.2, -0.15) is 0 Å². The van der Waals surface area contributed by atoms with E-state index in [1.165, 1.54) is 0 Å². The van der Waals surface area contributed by atoms with Gasteiger partial charge >= 0.3 is 0 Å². The summed E-state index contributed by atoms with van der Waals surface area (Å²) in [5.41, 5.74) is 0.643. The zero-order valence-corrected chi connectivity index (χ0v) is 10.9. The smallest absolute Gasteiger partial charge is 0.233 e. The Morgan fingerprint density at radius 3 is 2.50 bits per heavy atom. The molecule has 1 aromatic carbocycles. The average Bonchev–Trinajstić information content (AvgIpc) is 2.46. The number of carbonyl (C=O) groups is 2. The fourth-order valence-electron chi connectivity index (χ4n) is 1.73. The van der Waals surface area contributed by atoms with E-state index in [0.717, 1.165) is 11.8 Å². The monoisotopic (exact) mass is 263 g/mol. The summed E-state index contributed by atoms with van der Waals surface area (Å²) in [6, 6.07) is 9.03. The standard InChI is InChI=1S/C13H15N2O2S/c16-12(15-8-6-14-7-9-15)10-18-13(17)11-4-2-1-3-5-11/h1-5H,6-10H2. The van der Waals surface area contributed by atoms with Crippen LogP contribution in [-0.4, -0.2) is 47.9 Å². The number of carbonyl (C=O) groups excluding carboxylic acids is 2. The molecule has 0 spiro atoms. The molecule has 4 nitrogen and oxygen atoms in total. The summed E-state index contributed by atoms with van der Waals surface area (Å²) in [7, 11) is 0. The molecule has 1 heterocycles. The lowest BCUT2D eigenvalue weighted by Crippen LogP contribution is -2.44. The topological polar surface area (TPSA) is 51.5 Å². The second-order valence-corrected chi connectivity index (χ2v) is 4.94. The lowest BCUT2D eigenvalue weighted by atomic mass is 10.2. The van der Waals surface area contributed by atoms with Crippen LogP contribution in [0.5, 0.6) is 0 Å². The zero-order valence-electron chi connectivity index (χ0n) is 10.0. The summed E-state index contributed by atoms with van der Waals surface area (Å²) < 4.78 is 0. The first-order chi connectivity index (χ1) is 8.77. The first-order valence-corrected chi connectivity index (χ1v) is 6.89. The van der Waals surface area contributed by atoms with Crippen molar-refractivity contribution in [3.05, 3.63) is 35.9 Å². The summed E-state index contributed by atoms with van der Waals surface area (Å²) in [6.45, 7) is 2.78. The first-order valence-electron chi connectivity index (χ1n) is 5.90. The van der Waals surface area contributed by atoms with Gasteiger partial charge in [-0.15, -0.1) is 0 Å². The molecule has 0 aliphatic carbocycles. The second-order valence-electron chi connectivity index (χ2n) is 3.99. The molecule has 0 N–H and O–H groups in total. The minimum atomic E-state index is -0.0503. The highest BCUT2D eigenvalue weighted by molar-refractivity contribution is 8.14. The van der Waals surface area contributed by atoms with Gasteiger partial charge in [0, 0.05) is 31.7 Å². The van der Waals surface area contributed by atoms with Gasteiger partial charge in [0.1, 0.15) is 0 Å². The molecule has 95 valence electrons. The van der Waals surface area contributed by atoms with Crippen LogP contribution < -0.4 is 5.32 Å². The molecule has 1 radical (unpaired) electrons. The van der Waals surface area contributed by atoms with Gasteiger partial charge in [-0.3, -0.25) is 9.59 Å². The maximum atomic E-state index is 11.8. The Labute approximate surface area is 111 Å². The largest absolute Gasteiger partial charge is 0.339 e. The van der Waals surface area contributed by atoms with Crippen LogP contribution in [0.15, 0.2) is 30.3 Å². The molecule has 1 aliphatic heterocycles. The third kappa shape index (κ3) is 3.58. The fraction of sp³-hybridized carbons (Fsp3) is 0.385. The highest BCUT2D eigenvalue weighted by atomic mass is 32.2. The van der Waals surface area contributed by atoms with E-state index in [-0.39, 0.29) is 16.8 Å². The van der Waals surface area contributed by atoms with Gasteiger partial charge in [-0.1, -0.05) is 42.1 Å². The maximum Gasteiger partial charge on any atom is 0.233 e. The molecule has 18 heavy (non-hydrogen) atoms. The number of piperazine rings is 1. The summed E-state index contributed by atoms with van der Waals surface area (Å²) >= 11 is 1.07. The third-order valence-corrected chi connectivity index (χ3v) is 3.63. The van der Waals surface area contributed by atoms with Crippen molar-refractivity contribution in [2.45, 2.75) is 0 Å². The van der Waals surface area contributed by atoms with Gasteiger partial charge in [0.15, 0.2) is 0 Å². The van der Waals surface area contributed by atoms with Crippen molar-refractivity contribution < 1.29 is 9.59 Å². The van der Waals surface area contributed by atoms with Crippen molar-refractivity contribution in [1.29, 1.82) is 0 Å². The Hall–Kier alpha value is -1.33. The minimum absolute atomic E-state index is 0.0270. The van der Waals surface area contributed by atoms with Gasteiger partial charge in [0.25, 0.3) is 0 Å². The maximum absolute atomic E-state index is 11.8. The summed E-state index contributed by atoms with van der Waals surface area (Å²) in [4.78, 5) is 25.4. The Bertz CT molecular complexity index is 416. The normalized spacial score (nSPS) is 15.4. The summed E-state index contributed by atoms with van der Waals surface area (Å²) in [5.74, 6) is 0.243. The number of benzene rings is 1. The molecule has 1 aliphatic rings. The van der Waals surface area contributed by atoms with Crippen LogP contribution in [-0.2, 0) is 4.79 Å². The molecule has 0 bridgehead atoms. The van der Waals surface area contributed by atoms with Gasteiger partial charge < -0.3 is 4.90 Å². The van der Waals surface area contributed by atoms with Gasteiger partial charge in [-0.05, 0) is 0 Å². The number of rotatable bonds is 3.